The molecular formula is C16H22O3. The van der Waals surface area contributed by atoms with Crippen molar-refractivity contribution in [2.45, 2.75) is 37.4 Å². The molecule has 1 aromatic rings. The first-order valence-corrected chi connectivity index (χ1v) is 7.27. The van der Waals surface area contributed by atoms with E-state index in [9.17, 15) is 5.11 Å². The predicted octanol–water partition coefficient (Wildman–Crippen LogP) is 2.70. The lowest BCUT2D eigenvalue weighted by Crippen LogP contribution is -2.38. The summed E-state index contributed by atoms with van der Waals surface area (Å²) in [6.07, 6.45) is 4.17. The van der Waals surface area contributed by atoms with E-state index < -0.39 is 0 Å². The topological polar surface area (TPSA) is 38.7 Å². The molecule has 2 atom stereocenters. The van der Waals surface area contributed by atoms with Gasteiger partial charge in [0.1, 0.15) is 0 Å². The largest absolute Gasteiger partial charge is 0.396 e. The Morgan fingerprint density at radius 3 is 2.63 bits per heavy atom. The molecule has 1 aliphatic heterocycles. The van der Waals surface area contributed by atoms with Gasteiger partial charge in [-0.3, -0.25) is 0 Å². The molecule has 0 radical (unpaired) electrons. The second kappa shape index (κ2) is 5.61. The summed E-state index contributed by atoms with van der Waals surface area (Å²) in [5.74, 6) is 0.288. The Morgan fingerprint density at radius 2 is 1.95 bits per heavy atom. The summed E-state index contributed by atoms with van der Waals surface area (Å²) in [5, 5.41) is 9.78. The Bertz CT molecular complexity index is 398. The lowest BCUT2D eigenvalue weighted by molar-refractivity contribution is -0.189. The average Bonchev–Trinajstić information content (AvgIpc) is 2.89. The van der Waals surface area contributed by atoms with Crippen LogP contribution in [0.2, 0.25) is 0 Å². The van der Waals surface area contributed by atoms with E-state index in [1.54, 1.807) is 0 Å². The molecule has 0 aromatic heterocycles. The molecule has 3 heteroatoms. The number of aliphatic hydroxyl groups is 1. The summed E-state index contributed by atoms with van der Waals surface area (Å²) in [7, 11) is 0. The fourth-order valence-corrected chi connectivity index (χ4v) is 3.57. The van der Waals surface area contributed by atoms with E-state index in [0.29, 0.717) is 19.1 Å². The van der Waals surface area contributed by atoms with Crippen LogP contribution < -0.4 is 0 Å². The van der Waals surface area contributed by atoms with Crippen LogP contribution in [0.25, 0.3) is 0 Å². The van der Waals surface area contributed by atoms with E-state index in [1.807, 2.05) is 18.2 Å². The summed E-state index contributed by atoms with van der Waals surface area (Å²) in [6.45, 7) is 1.62. The zero-order chi connectivity index (χ0) is 13.1. The third-order valence-corrected chi connectivity index (χ3v) is 4.51. The highest BCUT2D eigenvalue weighted by Gasteiger charge is 2.43. The second-order valence-corrected chi connectivity index (χ2v) is 5.66. The number of hydrogen-bond acceptors (Lipinski definition) is 3. The Balaban J connectivity index is 1.76. The Morgan fingerprint density at radius 1 is 1.21 bits per heavy atom. The third kappa shape index (κ3) is 2.69. The smallest absolute Gasteiger partial charge is 0.168 e. The maximum atomic E-state index is 9.78. The Hall–Kier alpha value is -0.900. The van der Waals surface area contributed by atoms with Crippen LogP contribution >= 0.6 is 0 Å². The first-order valence-electron chi connectivity index (χ1n) is 7.27. The van der Waals surface area contributed by atoms with Crippen molar-refractivity contribution in [2.24, 2.45) is 5.92 Å². The van der Waals surface area contributed by atoms with Gasteiger partial charge in [-0.15, -0.1) is 0 Å². The van der Waals surface area contributed by atoms with Gasteiger partial charge in [-0.2, -0.15) is 0 Å². The summed E-state index contributed by atoms with van der Waals surface area (Å²) in [4.78, 5) is 0. The Kier molecular flexibility index (Phi) is 3.87. The van der Waals surface area contributed by atoms with E-state index >= 15 is 0 Å². The number of aliphatic hydroxyl groups excluding tert-OH is 1. The molecule has 2 unspecified atom stereocenters. The normalized spacial score (nSPS) is 27.5. The van der Waals surface area contributed by atoms with Crippen LogP contribution in [0.15, 0.2) is 30.3 Å². The van der Waals surface area contributed by atoms with Crippen molar-refractivity contribution in [2.75, 3.05) is 19.8 Å². The fourth-order valence-electron chi connectivity index (χ4n) is 3.57. The highest BCUT2D eigenvalue weighted by molar-refractivity contribution is 5.20. The quantitative estimate of drug-likeness (QED) is 0.910. The molecule has 1 N–H and O–H groups in total. The van der Waals surface area contributed by atoms with Crippen molar-refractivity contribution in [1.82, 2.24) is 0 Å². The van der Waals surface area contributed by atoms with Crippen LogP contribution in [0, 0.1) is 5.92 Å². The zero-order valence-electron chi connectivity index (χ0n) is 11.3. The summed E-state index contributed by atoms with van der Waals surface area (Å²) < 4.78 is 11.7. The van der Waals surface area contributed by atoms with Crippen LogP contribution in [-0.2, 0) is 9.47 Å². The van der Waals surface area contributed by atoms with E-state index in [1.165, 1.54) is 5.56 Å². The van der Waals surface area contributed by atoms with Crippen molar-refractivity contribution in [3.05, 3.63) is 35.9 Å². The van der Waals surface area contributed by atoms with Gasteiger partial charge < -0.3 is 14.6 Å². The third-order valence-electron chi connectivity index (χ3n) is 4.51. The summed E-state index contributed by atoms with van der Waals surface area (Å²) in [5.41, 5.74) is 1.23. The first kappa shape index (κ1) is 13.1. The van der Waals surface area contributed by atoms with Gasteiger partial charge in [-0.05, 0) is 24.3 Å². The van der Waals surface area contributed by atoms with Crippen LogP contribution in [-0.4, -0.2) is 30.7 Å². The zero-order valence-corrected chi connectivity index (χ0v) is 11.3. The molecule has 1 aromatic carbocycles. The van der Waals surface area contributed by atoms with Crippen LogP contribution in [0.1, 0.15) is 37.2 Å². The molecule has 1 saturated carbocycles. The van der Waals surface area contributed by atoms with Gasteiger partial charge in [0.25, 0.3) is 0 Å². The summed E-state index contributed by atoms with van der Waals surface area (Å²) in [6, 6.07) is 10.3. The van der Waals surface area contributed by atoms with Gasteiger partial charge in [0.2, 0.25) is 0 Å². The molecule has 0 amide bonds. The van der Waals surface area contributed by atoms with Crippen molar-refractivity contribution in [3.63, 3.8) is 0 Å². The van der Waals surface area contributed by atoms with Crippen molar-refractivity contribution < 1.29 is 14.6 Å². The molecule has 104 valence electrons. The molecule has 0 bridgehead atoms. The maximum Gasteiger partial charge on any atom is 0.168 e. The first-order chi connectivity index (χ1) is 9.33. The van der Waals surface area contributed by atoms with Gasteiger partial charge in [-0.25, -0.2) is 0 Å². The predicted molar refractivity (Wildman–Crippen MR) is 72.9 cm³/mol. The number of hydrogen-bond donors (Lipinski definition) is 1. The van der Waals surface area contributed by atoms with Crippen molar-refractivity contribution in [3.8, 4) is 0 Å². The number of rotatable bonds is 3. The minimum Gasteiger partial charge on any atom is -0.396 e. The molecule has 2 fully saturated rings. The molecule has 1 heterocycles. The van der Waals surface area contributed by atoms with Crippen LogP contribution in [0.4, 0.5) is 0 Å². The van der Waals surface area contributed by atoms with Gasteiger partial charge >= 0.3 is 0 Å². The highest BCUT2D eigenvalue weighted by atomic mass is 16.7. The van der Waals surface area contributed by atoms with E-state index in [4.69, 9.17) is 9.47 Å². The minimum absolute atomic E-state index is 0.199. The summed E-state index contributed by atoms with van der Waals surface area (Å²) >= 11 is 0. The SMILES string of the molecule is OCC(c1ccccc1)C1CCCC2(C1)OCCO2. The minimum atomic E-state index is -0.356. The molecular weight excluding hydrogens is 240 g/mol. The highest BCUT2D eigenvalue weighted by Crippen LogP contribution is 2.44. The second-order valence-electron chi connectivity index (χ2n) is 5.66. The molecule has 1 aliphatic carbocycles. The van der Waals surface area contributed by atoms with Gasteiger partial charge in [0, 0.05) is 18.8 Å². The van der Waals surface area contributed by atoms with E-state index in [-0.39, 0.29) is 18.3 Å². The molecule has 1 spiro atoms. The average molecular weight is 262 g/mol. The van der Waals surface area contributed by atoms with Gasteiger partial charge in [0.15, 0.2) is 5.79 Å². The van der Waals surface area contributed by atoms with Gasteiger partial charge in [-0.1, -0.05) is 30.3 Å². The van der Waals surface area contributed by atoms with Crippen molar-refractivity contribution in [1.29, 1.82) is 0 Å². The van der Waals surface area contributed by atoms with E-state index in [0.717, 1.165) is 25.7 Å². The molecule has 3 nitrogen and oxygen atoms in total. The van der Waals surface area contributed by atoms with E-state index in [2.05, 4.69) is 12.1 Å². The number of benzene rings is 1. The number of ether oxygens (including phenoxy) is 2. The van der Waals surface area contributed by atoms with Gasteiger partial charge in [0.05, 0.1) is 19.8 Å². The lowest BCUT2D eigenvalue weighted by atomic mass is 9.75. The standard InChI is InChI=1S/C16H22O3/c17-12-15(13-5-2-1-3-6-13)14-7-4-8-16(11-14)18-9-10-19-16/h1-3,5-6,14-15,17H,4,7-12H2. The Labute approximate surface area is 114 Å². The lowest BCUT2D eigenvalue weighted by Gasteiger charge is -2.39. The fraction of sp³-hybridized carbons (Fsp3) is 0.625. The van der Waals surface area contributed by atoms with Crippen LogP contribution in [0.5, 0.6) is 0 Å². The molecule has 3 rings (SSSR count). The van der Waals surface area contributed by atoms with Crippen LogP contribution in [0.3, 0.4) is 0 Å². The molecule has 19 heavy (non-hydrogen) atoms. The molecule has 2 aliphatic rings. The van der Waals surface area contributed by atoms with Crippen molar-refractivity contribution >= 4 is 0 Å². The monoisotopic (exact) mass is 262 g/mol. The maximum absolute atomic E-state index is 9.78. The molecule has 1 saturated heterocycles.